The van der Waals surface area contributed by atoms with E-state index in [0.29, 0.717) is 12.4 Å². The summed E-state index contributed by atoms with van der Waals surface area (Å²) in [5, 5.41) is 2.41. The molecule has 0 spiro atoms. The van der Waals surface area contributed by atoms with Gasteiger partial charge in [-0.05, 0) is 26.0 Å². The van der Waals surface area contributed by atoms with Crippen molar-refractivity contribution >= 4 is 30.1 Å². The van der Waals surface area contributed by atoms with Gasteiger partial charge in [0.05, 0.1) is 24.5 Å². The van der Waals surface area contributed by atoms with Crippen LogP contribution in [0.5, 0.6) is 5.75 Å². The molecule has 0 heterocycles. The highest BCUT2D eigenvalue weighted by Crippen LogP contribution is 2.24. The van der Waals surface area contributed by atoms with Gasteiger partial charge in [0.1, 0.15) is 5.75 Å². The van der Waals surface area contributed by atoms with E-state index in [1.807, 2.05) is 6.92 Å². The molecule has 0 aliphatic rings. The van der Waals surface area contributed by atoms with Gasteiger partial charge in [-0.15, -0.1) is 4.36 Å². The second-order valence-corrected chi connectivity index (χ2v) is 3.56. The molecule has 0 unspecified atom stereocenters. The highest BCUT2D eigenvalue weighted by Gasteiger charge is 2.15. The zero-order valence-corrected chi connectivity index (χ0v) is 11.5. The Balaban J connectivity index is 3.10. The largest absolute Gasteiger partial charge is 0.494 e. The third kappa shape index (κ3) is 4.29. The molecule has 7 heteroatoms. The predicted octanol–water partition coefficient (Wildman–Crippen LogP) is 2.52. The van der Waals surface area contributed by atoms with Crippen LogP contribution >= 0.6 is 0 Å². The molecule has 0 aliphatic heterocycles. The van der Waals surface area contributed by atoms with E-state index in [2.05, 4.69) is 22.1 Å². The highest BCUT2D eigenvalue weighted by molar-refractivity contribution is 7.47. The molecule has 102 valence electrons. The van der Waals surface area contributed by atoms with Crippen LogP contribution in [-0.2, 0) is 17.2 Å². The Morgan fingerprint density at radius 3 is 2.63 bits per heavy atom. The summed E-state index contributed by atoms with van der Waals surface area (Å²) in [4.78, 5) is 22.9. The molecule has 0 aromatic heterocycles. The quantitative estimate of drug-likeness (QED) is 0.840. The number of nitrogens with one attached hydrogen (secondary N) is 1. The Bertz CT molecular complexity index is 491. The number of benzene rings is 1. The van der Waals surface area contributed by atoms with E-state index in [9.17, 15) is 9.59 Å². The minimum Gasteiger partial charge on any atom is -0.494 e. The number of carbonyl (C=O) groups is 2. The normalized spacial score (nSPS) is 9.58. The van der Waals surface area contributed by atoms with Crippen LogP contribution in [0, 0.1) is 0 Å². The summed E-state index contributed by atoms with van der Waals surface area (Å²) in [6.07, 6.45) is 0. The number of ether oxygens (including phenoxy) is 2. The van der Waals surface area contributed by atoms with Crippen molar-refractivity contribution in [3.63, 3.8) is 0 Å². The minimum absolute atomic E-state index is 0.220. The van der Waals surface area contributed by atoms with Gasteiger partial charge in [-0.3, -0.25) is 0 Å². The van der Waals surface area contributed by atoms with Gasteiger partial charge in [-0.25, -0.2) is 9.59 Å². The third-order valence-electron chi connectivity index (χ3n) is 2.12. The molecule has 6 nitrogen and oxygen atoms in total. The third-order valence-corrected chi connectivity index (χ3v) is 2.29. The maximum atomic E-state index is 11.7. The van der Waals surface area contributed by atoms with Crippen LogP contribution in [0.1, 0.15) is 24.2 Å². The summed E-state index contributed by atoms with van der Waals surface area (Å²) in [7, 11) is 0. The first-order valence-electron chi connectivity index (χ1n) is 5.70. The average Bonchev–Trinajstić information content (AvgIpc) is 2.39. The second-order valence-electron chi connectivity index (χ2n) is 3.38. The summed E-state index contributed by atoms with van der Waals surface area (Å²) in [5.74, 6) is -0.0135. The van der Waals surface area contributed by atoms with Crippen molar-refractivity contribution in [2.75, 3.05) is 18.5 Å². The lowest BCUT2D eigenvalue weighted by molar-refractivity contribution is 0.0527. The highest BCUT2D eigenvalue weighted by atomic mass is 32.1. The van der Waals surface area contributed by atoms with Crippen molar-refractivity contribution in [2.24, 2.45) is 4.36 Å². The van der Waals surface area contributed by atoms with Gasteiger partial charge >= 0.3 is 12.0 Å². The predicted molar refractivity (Wildman–Crippen MR) is 72.4 cm³/mol. The summed E-state index contributed by atoms with van der Waals surface area (Å²) < 4.78 is 13.2. The van der Waals surface area contributed by atoms with Gasteiger partial charge in [0, 0.05) is 18.5 Å². The first-order valence-corrected chi connectivity index (χ1v) is 6.07. The lowest BCUT2D eigenvalue weighted by Crippen LogP contribution is -2.13. The molecule has 2 amide bonds. The van der Waals surface area contributed by atoms with Crippen LogP contribution in [0.4, 0.5) is 10.5 Å². The molecular formula is C12H14N2O4S. The van der Waals surface area contributed by atoms with Crippen LogP contribution in [0.15, 0.2) is 22.6 Å². The average molecular weight is 282 g/mol. The smallest absolute Gasteiger partial charge is 0.356 e. The van der Waals surface area contributed by atoms with Crippen molar-refractivity contribution in [2.45, 2.75) is 13.8 Å². The maximum Gasteiger partial charge on any atom is 0.356 e. The van der Waals surface area contributed by atoms with Gasteiger partial charge in [0.25, 0.3) is 0 Å². The zero-order valence-electron chi connectivity index (χ0n) is 10.6. The Morgan fingerprint density at radius 1 is 1.32 bits per heavy atom. The van der Waals surface area contributed by atoms with Crippen molar-refractivity contribution in [3.8, 4) is 5.75 Å². The number of esters is 1. The van der Waals surface area contributed by atoms with Gasteiger partial charge in [0.2, 0.25) is 0 Å². The molecule has 1 rings (SSSR count). The van der Waals surface area contributed by atoms with Gasteiger partial charge in [-0.1, -0.05) is 0 Å². The van der Waals surface area contributed by atoms with E-state index in [1.165, 1.54) is 12.1 Å². The fraction of sp³-hybridized carbons (Fsp3) is 0.333. The Kier molecular flexibility index (Phi) is 5.87. The molecule has 19 heavy (non-hydrogen) atoms. The van der Waals surface area contributed by atoms with Crippen LogP contribution < -0.4 is 10.1 Å². The van der Waals surface area contributed by atoms with Crippen molar-refractivity contribution < 1.29 is 19.1 Å². The molecule has 0 radical (unpaired) electrons. The Hall–Kier alpha value is -2.02. The first kappa shape index (κ1) is 15.0. The number of rotatable bonds is 5. The van der Waals surface area contributed by atoms with Crippen LogP contribution in [0.3, 0.4) is 0 Å². The second kappa shape index (κ2) is 7.42. The number of anilines is 1. The molecule has 0 aliphatic carbocycles. The molecule has 1 aromatic carbocycles. The van der Waals surface area contributed by atoms with E-state index in [1.54, 1.807) is 13.0 Å². The summed E-state index contributed by atoms with van der Waals surface area (Å²) in [6, 6.07) is 3.93. The minimum atomic E-state index is -0.728. The van der Waals surface area contributed by atoms with Crippen LogP contribution in [0.25, 0.3) is 0 Å². The Morgan fingerprint density at radius 2 is 2.05 bits per heavy atom. The van der Waals surface area contributed by atoms with Crippen LogP contribution in [0.2, 0.25) is 0 Å². The summed E-state index contributed by atoms with van der Waals surface area (Å²) >= 11 is 4.28. The number of hydrogen-bond donors (Lipinski definition) is 1. The number of nitrogens with zero attached hydrogens (tertiary/aromatic N) is 1. The van der Waals surface area contributed by atoms with E-state index in [-0.39, 0.29) is 17.9 Å². The standard InChI is InChI=1S/C12H14N2O4S/c1-3-17-8-5-6-9(11(15)18-4-2)10(7-8)13-12(16)14-19/h5-7H,3-4H2,1-2H3,(H,13,16). The fourth-order valence-electron chi connectivity index (χ4n) is 1.41. The van der Waals surface area contributed by atoms with Gasteiger partial charge in [0.15, 0.2) is 0 Å². The number of urea groups is 1. The molecule has 1 aromatic rings. The topological polar surface area (TPSA) is 77.0 Å². The molecule has 0 saturated carbocycles. The monoisotopic (exact) mass is 282 g/mol. The lowest BCUT2D eigenvalue weighted by atomic mass is 10.1. The van der Waals surface area contributed by atoms with Crippen molar-refractivity contribution in [1.29, 1.82) is 0 Å². The molecule has 0 bridgehead atoms. The van der Waals surface area contributed by atoms with Gasteiger partial charge < -0.3 is 14.8 Å². The van der Waals surface area contributed by atoms with E-state index in [4.69, 9.17) is 9.47 Å². The number of carbonyl (C=O) groups excluding carboxylic acids is 2. The first-order chi connectivity index (χ1) is 9.12. The van der Waals surface area contributed by atoms with Gasteiger partial charge in [-0.2, -0.15) is 0 Å². The summed E-state index contributed by atoms with van der Waals surface area (Å²) in [6.45, 7) is 4.24. The van der Waals surface area contributed by atoms with E-state index >= 15 is 0 Å². The molecule has 0 atom stereocenters. The summed E-state index contributed by atoms with van der Waals surface area (Å²) in [5.41, 5.74) is 0.473. The van der Waals surface area contributed by atoms with Crippen LogP contribution in [-0.4, -0.2) is 25.2 Å². The maximum absolute atomic E-state index is 11.7. The number of hydrogen-bond acceptors (Lipinski definition) is 5. The molecule has 0 saturated heterocycles. The van der Waals surface area contributed by atoms with E-state index in [0.717, 1.165) is 0 Å². The molecule has 1 N–H and O–H groups in total. The zero-order chi connectivity index (χ0) is 14.3. The molecule has 0 fully saturated rings. The van der Waals surface area contributed by atoms with E-state index < -0.39 is 12.0 Å². The molecular weight excluding hydrogens is 268 g/mol. The van der Waals surface area contributed by atoms with Crippen molar-refractivity contribution in [3.05, 3.63) is 23.8 Å². The fourth-order valence-corrected chi connectivity index (χ4v) is 1.45. The number of amides is 2. The van der Waals surface area contributed by atoms with Crippen molar-refractivity contribution in [1.82, 2.24) is 0 Å². The lowest BCUT2D eigenvalue weighted by Gasteiger charge is -2.11. The Labute approximate surface area is 116 Å². The SMILES string of the molecule is CCOC(=O)c1ccc(OCC)cc1NC(=O)N=S.